The minimum Gasteiger partial charge on any atom is -0.481 e. The van der Waals surface area contributed by atoms with Gasteiger partial charge in [-0.25, -0.2) is 4.79 Å². The zero-order chi connectivity index (χ0) is 15.4. The van der Waals surface area contributed by atoms with Crippen LogP contribution in [0.2, 0.25) is 0 Å². The minimum atomic E-state index is -0.715. The van der Waals surface area contributed by atoms with Crippen LogP contribution >= 0.6 is 11.8 Å². The molecular formula is C14H25N3O3S. The first-order chi connectivity index (χ1) is 9.99. The molecule has 21 heavy (non-hydrogen) atoms. The second kappa shape index (κ2) is 7.35. The van der Waals surface area contributed by atoms with E-state index in [9.17, 15) is 9.59 Å². The van der Waals surface area contributed by atoms with Gasteiger partial charge in [0, 0.05) is 57.3 Å². The molecule has 6 nitrogen and oxygen atoms in total. The van der Waals surface area contributed by atoms with Crippen LogP contribution in [0.25, 0.3) is 0 Å². The molecule has 2 aliphatic rings. The SMILES string of the molecule is CN(C)C(=O)N1CCC(N2CCSCC2CC(=O)O)CC1. The van der Waals surface area contributed by atoms with E-state index in [2.05, 4.69) is 4.90 Å². The van der Waals surface area contributed by atoms with Crippen molar-refractivity contribution < 1.29 is 14.7 Å². The van der Waals surface area contributed by atoms with Crippen LogP contribution in [-0.4, -0.2) is 89.1 Å². The molecule has 2 amide bonds. The zero-order valence-electron chi connectivity index (χ0n) is 12.8. The Labute approximate surface area is 130 Å². The van der Waals surface area contributed by atoms with E-state index >= 15 is 0 Å². The summed E-state index contributed by atoms with van der Waals surface area (Å²) in [5.74, 6) is 1.27. The van der Waals surface area contributed by atoms with Crippen LogP contribution in [0.5, 0.6) is 0 Å². The maximum atomic E-state index is 11.9. The molecule has 1 N–H and O–H groups in total. The monoisotopic (exact) mass is 315 g/mol. The molecule has 2 rings (SSSR count). The molecule has 0 bridgehead atoms. The maximum Gasteiger partial charge on any atom is 0.319 e. The van der Waals surface area contributed by atoms with E-state index < -0.39 is 5.97 Å². The Morgan fingerprint density at radius 3 is 2.48 bits per heavy atom. The quantitative estimate of drug-likeness (QED) is 0.842. The van der Waals surface area contributed by atoms with E-state index in [1.807, 2.05) is 16.7 Å². The molecule has 1 unspecified atom stereocenters. The summed E-state index contributed by atoms with van der Waals surface area (Å²) in [6, 6.07) is 0.633. The summed E-state index contributed by atoms with van der Waals surface area (Å²) in [4.78, 5) is 28.8. The van der Waals surface area contributed by atoms with Crippen molar-refractivity contribution in [3.8, 4) is 0 Å². The molecule has 0 aliphatic carbocycles. The summed E-state index contributed by atoms with van der Waals surface area (Å²) in [5, 5.41) is 9.06. The Balaban J connectivity index is 1.90. The summed E-state index contributed by atoms with van der Waals surface area (Å²) in [7, 11) is 3.55. The van der Waals surface area contributed by atoms with Crippen molar-refractivity contribution in [3.63, 3.8) is 0 Å². The van der Waals surface area contributed by atoms with Gasteiger partial charge in [0.2, 0.25) is 0 Å². The average molecular weight is 315 g/mol. The summed E-state index contributed by atoms with van der Waals surface area (Å²) in [6.07, 6.45) is 2.12. The summed E-state index contributed by atoms with van der Waals surface area (Å²) >= 11 is 1.85. The van der Waals surface area contributed by atoms with Gasteiger partial charge in [0.25, 0.3) is 0 Å². The number of hydrogen-bond donors (Lipinski definition) is 1. The number of likely N-dealkylation sites (tertiary alicyclic amines) is 1. The largest absolute Gasteiger partial charge is 0.481 e. The van der Waals surface area contributed by atoms with Crippen LogP contribution in [0.15, 0.2) is 0 Å². The summed E-state index contributed by atoms with van der Waals surface area (Å²) < 4.78 is 0. The van der Waals surface area contributed by atoms with Gasteiger partial charge in [-0.2, -0.15) is 11.8 Å². The first-order valence-corrected chi connectivity index (χ1v) is 8.66. The fourth-order valence-corrected chi connectivity index (χ4v) is 4.29. The van der Waals surface area contributed by atoms with Crippen molar-refractivity contribution in [2.24, 2.45) is 0 Å². The molecule has 0 aromatic heterocycles. The second-order valence-corrected chi connectivity index (χ2v) is 7.11. The third-order valence-electron chi connectivity index (χ3n) is 4.27. The molecule has 0 radical (unpaired) electrons. The lowest BCUT2D eigenvalue weighted by Gasteiger charge is -2.44. The van der Waals surface area contributed by atoms with E-state index in [1.54, 1.807) is 19.0 Å². The van der Waals surface area contributed by atoms with Crippen LogP contribution in [0.4, 0.5) is 4.79 Å². The van der Waals surface area contributed by atoms with Gasteiger partial charge in [-0.15, -0.1) is 0 Å². The predicted molar refractivity (Wildman–Crippen MR) is 83.7 cm³/mol. The fourth-order valence-electron chi connectivity index (χ4n) is 3.20. The molecule has 7 heteroatoms. The lowest BCUT2D eigenvalue weighted by molar-refractivity contribution is -0.138. The number of aliphatic carboxylic acids is 1. The van der Waals surface area contributed by atoms with E-state index in [4.69, 9.17) is 5.11 Å². The first-order valence-electron chi connectivity index (χ1n) is 7.50. The van der Waals surface area contributed by atoms with Crippen LogP contribution in [-0.2, 0) is 4.79 Å². The van der Waals surface area contributed by atoms with E-state index in [0.717, 1.165) is 44.0 Å². The van der Waals surface area contributed by atoms with Crippen LogP contribution in [0, 0.1) is 0 Å². The molecule has 120 valence electrons. The van der Waals surface area contributed by atoms with Crippen LogP contribution in [0.3, 0.4) is 0 Å². The smallest absolute Gasteiger partial charge is 0.319 e. The number of carbonyl (C=O) groups is 2. The van der Waals surface area contributed by atoms with E-state index in [1.165, 1.54) is 0 Å². The van der Waals surface area contributed by atoms with E-state index in [-0.39, 0.29) is 18.5 Å². The molecule has 1 atom stereocenters. The summed E-state index contributed by atoms with van der Waals surface area (Å²) in [6.45, 7) is 2.51. The molecule has 0 spiro atoms. The lowest BCUT2D eigenvalue weighted by atomic mass is 10.0. The Morgan fingerprint density at radius 1 is 1.24 bits per heavy atom. The van der Waals surface area contributed by atoms with Gasteiger partial charge < -0.3 is 14.9 Å². The molecule has 0 saturated carbocycles. The Morgan fingerprint density at radius 2 is 1.90 bits per heavy atom. The Kier molecular flexibility index (Phi) is 5.75. The highest BCUT2D eigenvalue weighted by Crippen LogP contribution is 2.26. The predicted octanol–water partition coefficient (Wildman–Crippen LogP) is 1.02. The highest BCUT2D eigenvalue weighted by molar-refractivity contribution is 7.99. The highest BCUT2D eigenvalue weighted by Gasteiger charge is 2.33. The molecule has 2 heterocycles. The van der Waals surface area contributed by atoms with Gasteiger partial charge in [0.05, 0.1) is 6.42 Å². The lowest BCUT2D eigenvalue weighted by Crippen LogP contribution is -2.54. The van der Waals surface area contributed by atoms with Gasteiger partial charge in [-0.3, -0.25) is 9.69 Å². The van der Waals surface area contributed by atoms with Crippen molar-refractivity contribution >= 4 is 23.8 Å². The number of rotatable bonds is 3. The number of thioether (sulfide) groups is 1. The van der Waals surface area contributed by atoms with Gasteiger partial charge in [0.1, 0.15) is 0 Å². The maximum absolute atomic E-state index is 11.9. The molecule has 2 fully saturated rings. The minimum absolute atomic E-state index is 0.0738. The number of carboxylic acids is 1. The fraction of sp³-hybridized carbons (Fsp3) is 0.857. The highest BCUT2D eigenvalue weighted by atomic mass is 32.2. The van der Waals surface area contributed by atoms with Gasteiger partial charge in [-0.05, 0) is 12.8 Å². The van der Waals surface area contributed by atoms with Crippen molar-refractivity contribution in [1.29, 1.82) is 0 Å². The molecule has 0 aromatic rings. The van der Waals surface area contributed by atoms with Gasteiger partial charge in [0.15, 0.2) is 0 Å². The average Bonchev–Trinajstić information content (AvgIpc) is 2.46. The Hall–Kier alpha value is -0.950. The van der Waals surface area contributed by atoms with Crippen molar-refractivity contribution in [2.45, 2.75) is 31.3 Å². The third-order valence-corrected chi connectivity index (χ3v) is 5.36. The van der Waals surface area contributed by atoms with Crippen LogP contribution in [0.1, 0.15) is 19.3 Å². The normalized spacial score (nSPS) is 24.9. The number of urea groups is 1. The number of carbonyl (C=O) groups excluding carboxylic acids is 1. The second-order valence-electron chi connectivity index (χ2n) is 5.96. The number of hydrogen-bond acceptors (Lipinski definition) is 4. The topological polar surface area (TPSA) is 64.1 Å². The first kappa shape index (κ1) is 16.4. The van der Waals surface area contributed by atoms with Gasteiger partial charge in [-0.1, -0.05) is 0 Å². The van der Waals surface area contributed by atoms with E-state index in [0.29, 0.717) is 6.04 Å². The van der Waals surface area contributed by atoms with Gasteiger partial charge >= 0.3 is 12.0 Å². The number of carboxylic acid groups (broad SMARTS) is 1. The standard InChI is InChI=1S/C14H25N3O3S/c1-15(2)14(20)16-5-3-11(4-6-16)17-7-8-21-10-12(17)9-13(18)19/h11-12H,3-10H2,1-2H3,(H,18,19). The Bertz CT molecular complexity index is 384. The van der Waals surface area contributed by atoms with Crippen molar-refractivity contribution in [3.05, 3.63) is 0 Å². The number of nitrogens with zero attached hydrogens (tertiary/aromatic N) is 3. The summed E-state index contributed by atoms with van der Waals surface area (Å²) in [5.41, 5.74) is 0. The third kappa shape index (κ3) is 4.26. The molecular weight excluding hydrogens is 290 g/mol. The zero-order valence-corrected chi connectivity index (χ0v) is 13.6. The molecule has 2 aliphatic heterocycles. The van der Waals surface area contributed by atoms with Crippen molar-refractivity contribution in [2.75, 3.05) is 45.2 Å². The van der Waals surface area contributed by atoms with Crippen LogP contribution < -0.4 is 0 Å². The molecule has 0 aromatic carbocycles. The van der Waals surface area contributed by atoms with Crippen molar-refractivity contribution in [1.82, 2.24) is 14.7 Å². The molecule has 2 saturated heterocycles. The number of amides is 2. The number of piperidine rings is 1.